The lowest BCUT2D eigenvalue weighted by Gasteiger charge is -2.35. The number of morpholine rings is 1. The van der Waals surface area contributed by atoms with E-state index < -0.39 is 11.4 Å². The SMILES string of the molecule is CCC1(C(=O)O)CCN(C(=O)N2CC3CCC(C2)O3)C1. The number of aliphatic carboxylic acids is 1. The number of hydrogen-bond donors (Lipinski definition) is 1. The minimum absolute atomic E-state index is 0.0122. The summed E-state index contributed by atoms with van der Waals surface area (Å²) in [5, 5.41) is 9.40. The van der Waals surface area contributed by atoms with Gasteiger partial charge in [0.25, 0.3) is 0 Å². The van der Waals surface area contributed by atoms with Crippen LogP contribution in [0.4, 0.5) is 4.79 Å². The first-order chi connectivity index (χ1) is 9.54. The normalized spacial score (nSPS) is 36.5. The van der Waals surface area contributed by atoms with Gasteiger partial charge >= 0.3 is 12.0 Å². The molecule has 2 bridgehead atoms. The third-order valence-corrected chi connectivity index (χ3v) is 5.07. The molecule has 0 aromatic heterocycles. The maximum Gasteiger partial charge on any atom is 0.320 e. The van der Waals surface area contributed by atoms with E-state index in [2.05, 4.69) is 0 Å². The molecule has 0 saturated carbocycles. The molecule has 3 fully saturated rings. The summed E-state index contributed by atoms with van der Waals surface area (Å²) >= 11 is 0. The van der Waals surface area contributed by atoms with Crippen molar-refractivity contribution in [1.29, 1.82) is 0 Å². The second-order valence-corrected chi connectivity index (χ2v) is 6.26. The molecule has 3 rings (SSSR count). The van der Waals surface area contributed by atoms with E-state index in [0.29, 0.717) is 39.0 Å². The molecule has 2 amide bonds. The molecule has 3 aliphatic heterocycles. The summed E-state index contributed by atoms with van der Waals surface area (Å²) in [5.41, 5.74) is -0.749. The van der Waals surface area contributed by atoms with Crippen molar-refractivity contribution in [3.63, 3.8) is 0 Å². The maximum absolute atomic E-state index is 12.5. The van der Waals surface area contributed by atoms with Gasteiger partial charge in [-0.15, -0.1) is 0 Å². The van der Waals surface area contributed by atoms with Crippen LogP contribution in [0.2, 0.25) is 0 Å². The molecule has 3 unspecified atom stereocenters. The van der Waals surface area contributed by atoms with E-state index in [1.54, 1.807) is 4.90 Å². The number of likely N-dealkylation sites (tertiary alicyclic amines) is 2. The van der Waals surface area contributed by atoms with Gasteiger partial charge in [0, 0.05) is 26.2 Å². The van der Waals surface area contributed by atoms with Crippen LogP contribution in [-0.4, -0.2) is 65.3 Å². The summed E-state index contributed by atoms with van der Waals surface area (Å²) in [4.78, 5) is 27.5. The summed E-state index contributed by atoms with van der Waals surface area (Å²) < 4.78 is 5.73. The molecule has 3 saturated heterocycles. The number of carbonyl (C=O) groups excluding carboxylic acids is 1. The highest BCUT2D eigenvalue weighted by Gasteiger charge is 2.46. The number of fused-ring (bicyclic) bond motifs is 2. The van der Waals surface area contributed by atoms with Gasteiger partial charge in [-0.1, -0.05) is 6.92 Å². The standard InChI is InChI=1S/C14H22N2O4/c1-2-14(12(17)18)5-6-15(9-14)13(19)16-7-10-3-4-11(8-16)20-10/h10-11H,2-9H2,1H3,(H,17,18). The molecule has 0 aromatic carbocycles. The second-order valence-electron chi connectivity index (χ2n) is 6.26. The van der Waals surface area contributed by atoms with Gasteiger partial charge in [0.2, 0.25) is 0 Å². The number of ether oxygens (including phenoxy) is 1. The predicted octanol–water partition coefficient (Wildman–Crippen LogP) is 1.16. The molecule has 6 heteroatoms. The van der Waals surface area contributed by atoms with Crippen LogP contribution in [0.3, 0.4) is 0 Å². The number of carboxylic acid groups (broad SMARTS) is 1. The highest BCUT2D eigenvalue weighted by molar-refractivity contribution is 5.80. The molecule has 6 nitrogen and oxygen atoms in total. The fourth-order valence-electron chi connectivity index (χ4n) is 3.62. The number of urea groups is 1. The van der Waals surface area contributed by atoms with Crippen molar-refractivity contribution < 1.29 is 19.4 Å². The van der Waals surface area contributed by atoms with Gasteiger partial charge in [-0.25, -0.2) is 4.79 Å². The van der Waals surface area contributed by atoms with E-state index >= 15 is 0 Å². The summed E-state index contributed by atoms with van der Waals surface area (Å²) in [7, 11) is 0. The Balaban J connectivity index is 1.65. The van der Waals surface area contributed by atoms with Gasteiger partial charge in [0.1, 0.15) is 0 Å². The van der Waals surface area contributed by atoms with Gasteiger partial charge in [0.15, 0.2) is 0 Å². The van der Waals surface area contributed by atoms with Crippen molar-refractivity contribution in [3.8, 4) is 0 Å². The number of amides is 2. The number of rotatable bonds is 2. The topological polar surface area (TPSA) is 70.1 Å². The van der Waals surface area contributed by atoms with Crippen molar-refractivity contribution >= 4 is 12.0 Å². The van der Waals surface area contributed by atoms with E-state index in [1.165, 1.54) is 0 Å². The molecule has 3 aliphatic rings. The Morgan fingerprint density at radius 2 is 1.90 bits per heavy atom. The van der Waals surface area contributed by atoms with E-state index in [-0.39, 0.29) is 18.2 Å². The van der Waals surface area contributed by atoms with Crippen molar-refractivity contribution in [2.45, 2.75) is 44.8 Å². The van der Waals surface area contributed by atoms with Crippen molar-refractivity contribution in [1.82, 2.24) is 9.80 Å². The van der Waals surface area contributed by atoms with Crippen molar-refractivity contribution in [2.75, 3.05) is 26.2 Å². The number of carbonyl (C=O) groups is 2. The Bertz CT molecular complexity index is 415. The fraction of sp³-hybridized carbons (Fsp3) is 0.857. The average Bonchev–Trinajstić information content (AvgIpc) is 3.02. The summed E-state index contributed by atoms with van der Waals surface area (Å²) in [6.45, 7) is 4.07. The number of carboxylic acids is 1. The molecule has 1 N–H and O–H groups in total. The number of hydrogen-bond acceptors (Lipinski definition) is 3. The lowest BCUT2D eigenvalue weighted by atomic mass is 9.84. The van der Waals surface area contributed by atoms with E-state index in [1.807, 2.05) is 11.8 Å². The molecule has 0 spiro atoms. The Labute approximate surface area is 118 Å². The Hall–Kier alpha value is -1.30. The highest BCUT2D eigenvalue weighted by atomic mass is 16.5. The average molecular weight is 282 g/mol. The molecular formula is C14H22N2O4. The van der Waals surface area contributed by atoms with Crippen LogP contribution in [0.1, 0.15) is 32.6 Å². The van der Waals surface area contributed by atoms with Crippen molar-refractivity contribution in [3.05, 3.63) is 0 Å². The lowest BCUT2D eigenvalue weighted by molar-refractivity contribution is -0.148. The van der Waals surface area contributed by atoms with Crippen LogP contribution in [0, 0.1) is 5.41 Å². The van der Waals surface area contributed by atoms with Crippen LogP contribution in [0.5, 0.6) is 0 Å². The van der Waals surface area contributed by atoms with E-state index in [4.69, 9.17) is 4.74 Å². The first kappa shape index (κ1) is 13.7. The van der Waals surface area contributed by atoms with Crippen LogP contribution in [-0.2, 0) is 9.53 Å². The van der Waals surface area contributed by atoms with Crippen LogP contribution in [0.15, 0.2) is 0 Å². The summed E-state index contributed by atoms with van der Waals surface area (Å²) in [6, 6.07) is -0.0122. The van der Waals surface area contributed by atoms with E-state index in [0.717, 1.165) is 12.8 Å². The summed E-state index contributed by atoms with van der Waals surface area (Å²) in [5.74, 6) is -0.780. The Morgan fingerprint density at radius 3 is 2.40 bits per heavy atom. The first-order valence-corrected chi connectivity index (χ1v) is 7.47. The van der Waals surface area contributed by atoms with Gasteiger partial charge < -0.3 is 19.6 Å². The molecule has 0 radical (unpaired) electrons. The third-order valence-electron chi connectivity index (χ3n) is 5.07. The lowest BCUT2D eigenvalue weighted by Crippen LogP contribution is -2.51. The second kappa shape index (κ2) is 4.91. The predicted molar refractivity (Wildman–Crippen MR) is 71.4 cm³/mol. The molecule has 3 atom stereocenters. The van der Waals surface area contributed by atoms with Gasteiger partial charge in [-0.05, 0) is 25.7 Å². The fourth-order valence-corrected chi connectivity index (χ4v) is 3.62. The molecular weight excluding hydrogens is 260 g/mol. The van der Waals surface area contributed by atoms with Crippen LogP contribution < -0.4 is 0 Å². The molecule has 3 heterocycles. The zero-order chi connectivity index (χ0) is 14.3. The van der Waals surface area contributed by atoms with Gasteiger partial charge in [-0.2, -0.15) is 0 Å². The zero-order valence-electron chi connectivity index (χ0n) is 11.9. The summed E-state index contributed by atoms with van der Waals surface area (Å²) in [6.07, 6.45) is 3.54. The highest BCUT2D eigenvalue weighted by Crippen LogP contribution is 2.35. The van der Waals surface area contributed by atoms with Crippen LogP contribution >= 0.6 is 0 Å². The third kappa shape index (κ3) is 2.16. The van der Waals surface area contributed by atoms with Gasteiger partial charge in [-0.3, -0.25) is 4.79 Å². The zero-order valence-corrected chi connectivity index (χ0v) is 11.9. The molecule has 0 aliphatic carbocycles. The largest absolute Gasteiger partial charge is 0.481 e. The van der Waals surface area contributed by atoms with Crippen LogP contribution in [0.25, 0.3) is 0 Å². The minimum Gasteiger partial charge on any atom is -0.481 e. The quantitative estimate of drug-likeness (QED) is 0.825. The first-order valence-electron chi connectivity index (χ1n) is 7.47. The smallest absolute Gasteiger partial charge is 0.320 e. The molecule has 112 valence electrons. The Morgan fingerprint density at radius 1 is 1.25 bits per heavy atom. The van der Waals surface area contributed by atoms with E-state index in [9.17, 15) is 14.7 Å². The minimum atomic E-state index is -0.780. The molecule has 20 heavy (non-hydrogen) atoms. The maximum atomic E-state index is 12.5. The number of nitrogens with zero attached hydrogens (tertiary/aromatic N) is 2. The molecule has 0 aromatic rings. The monoisotopic (exact) mass is 282 g/mol. The van der Waals surface area contributed by atoms with Gasteiger partial charge in [0.05, 0.1) is 17.6 Å². The Kier molecular flexibility index (Phi) is 3.36. The van der Waals surface area contributed by atoms with Crippen molar-refractivity contribution in [2.24, 2.45) is 5.41 Å².